The van der Waals surface area contributed by atoms with E-state index >= 15 is 0 Å². The Morgan fingerprint density at radius 2 is 2.27 bits per heavy atom. The Hall–Kier alpha value is -1.78. The summed E-state index contributed by atoms with van der Waals surface area (Å²) in [6, 6.07) is 3.30. The van der Waals surface area contributed by atoms with Gasteiger partial charge in [-0.3, -0.25) is 9.59 Å². The molecule has 1 aromatic heterocycles. The van der Waals surface area contributed by atoms with Crippen molar-refractivity contribution in [2.75, 3.05) is 5.32 Å². The number of amides is 2. The van der Waals surface area contributed by atoms with Crippen LogP contribution in [0.25, 0.3) is 0 Å². The molecule has 2 amide bonds. The number of hydrogen-bond donors (Lipinski definition) is 3. The van der Waals surface area contributed by atoms with E-state index in [0.29, 0.717) is 5.82 Å². The molecule has 0 aliphatic carbocycles. The number of nitrogens with one attached hydrogen (secondary N) is 2. The lowest BCUT2D eigenvalue weighted by Gasteiger charge is -1.96. The molecule has 1 heterocycles. The molecule has 5 nitrogen and oxygen atoms in total. The zero-order valence-electron chi connectivity index (χ0n) is 5.63. The minimum atomic E-state index is -1.00. The highest BCUT2D eigenvalue weighted by Gasteiger charge is 2.07. The number of anilines is 1. The molecule has 0 unspecified atom stereocenters. The first-order valence-corrected chi connectivity index (χ1v) is 2.94. The molecule has 4 N–H and O–H groups in total. The summed E-state index contributed by atoms with van der Waals surface area (Å²) in [5, 5.41) is 2.25. The van der Waals surface area contributed by atoms with E-state index in [9.17, 15) is 9.59 Å². The van der Waals surface area contributed by atoms with Crippen molar-refractivity contribution in [1.29, 1.82) is 0 Å². The summed E-state index contributed by atoms with van der Waals surface area (Å²) in [6.45, 7) is 0. The van der Waals surface area contributed by atoms with Crippen LogP contribution in [-0.4, -0.2) is 16.8 Å². The van der Waals surface area contributed by atoms with Crippen LogP contribution in [0.4, 0.5) is 5.82 Å². The maximum absolute atomic E-state index is 10.6. The predicted molar refractivity (Wildman–Crippen MR) is 38.6 cm³/mol. The zero-order chi connectivity index (χ0) is 8.27. The molecule has 0 saturated heterocycles. The summed E-state index contributed by atoms with van der Waals surface area (Å²) >= 11 is 0. The quantitative estimate of drug-likeness (QED) is 0.472. The molecule has 58 valence electrons. The Bertz CT molecular complexity index is 265. The van der Waals surface area contributed by atoms with Gasteiger partial charge in [0.05, 0.1) is 0 Å². The van der Waals surface area contributed by atoms with E-state index in [0.717, 1.165) is 0 Å². The van der Waals surface area contributed by atoms with Crippen molar-refractivity contribution in [2.45, 2.75) is 0 Å². The van der Waals surface area contributed by atoms with Gasteiger partial charge in [-0.25, -0.2) is 0 Å². The van der Waals surface area contributed by atoms with E-state index in [2.05, 4.69) is 16.0 Å². The number of carbonyl (C=O) groups is 2. The van der Waals surface area contributed by atoms with Crippen LogP contribution in [-0.2, 0) is 9.59 Å². The van der Waals surface area contributed by atoms with E-state index in [1.54, 1.807) is 18.3 Å². The van der Waals surface area contributed by atoms with Crippen LogP contribution >= 0.6 is 0 Å². The summed E-state index contributed by atoms with van der Waals surface area (Å²) < 4.78 is 0. The molecule has 0 aromatic carbocycles. The number of H-pyrrole nitrogens is 1. The molecule has 1 rings (SSSR count). The standard InChI is InChI=1S/C6H7N3O2/c7-5(10)6(11)9-4-2-1-3-8-4/h1-3,8H,(H2,7,10)(H,9,11). The first-order valence-electron chi connectivity index (χ1n) is 2.94. The third-order valence-electron chi connectivity index (χ3n) is 1.07. The zero-order valence-corrected chi connectivity index (χ0v) is 5.63. The lowest BCUT2D eigenvalue weighted by atomic mass is 10.5. The minimum Gasteiger partial charge on any atom is -0.361 e. The SMILES string of the molecule is NC(=O)C(=O)Nc1ccc[nH]1. The summed E-state index contributed by atoms with van der Waals surface area (Å²) in [4.78, 5) is 23.5. The summed E-state index contributed by atoms with van der Waals surface area (Å²) in [6.07, 6.45) is 1.62. The molecule has 0 saturated carbocycles. The van der Waals surface area contributed by atoms with Crippen LogP contribution in [0.15, 0.2) is 18.3 Å². The molecule has 0 aliphatic heterocycles. The van der Waals surface area contributed by atoms with Crippen molar-refractivity contribution < 1.29 is 9.59 Å². The van der Waals surface area contributed by atoms with Crippen LogP contribution in [0.5, 0.6) is 0 Å². The van der Waals surface area contributed by atoms with Gasteiger partial charge < -0.3 is 16.0 Å². The van der Waals surface area contributed by atoms with E-state index in [-0.39, 0.29) is 0 Å². The maximum atomic E-state index is 10.6. The van der Waals surface area contributed by atoms with Crippen molar-refractivity contribution in [3.8, 4) is 0 Å². The number of carbonyl (C=O) groups excluding carboxylic acids is 2. The van der Waals surface area contributed by atoms with Crippen molar-refractivity contribution in [3.05, 3.63) is 18.3 Å². The summed E-state index contributed by atoms with van der Waals surface area (Å²) in [5.74, 6) is -1.37. The molecule has 0 fully saturated rings. The van der Waals surface area contributed by atoms with Gasteiger partial charge in [0.2, 0.25) is 0 Å². The highest BCUT2D eigenvalue weighted by Crippen LogP contribution is 1.99. The normalized spacial score (nSPS) is 9.09. The van der Waals surface area contributed by atoms with Gasteiger partial charge in [0, 0.05) is 6.20 Å². The van der Waals surface area contributed by atoms with Crippen molar-refractivity contribution in [3.63, 3.8) is 0 Å². The fourth-order valence-corrected chi connectivity index (χ4v) is 0.592. The van der Waals surface area contributed by atoms with Crippen LogP contribution in [0.2, 0.25) is 0 Å². The fraction of sp³-hybridized carbons (Fsp3) is 0. The van der Waals surface area contributed by atoms with Crippen LogP contribution < -0.4 is 11.1 Å². The monoisotopic (exact) mass is 153 g/mol. The number of rotatable bonds is 1. The number of aromatic nitrogens is 1. The van der Waals surface area contributed by atoms with Crippen molar-refractivity contribution in [2.24, 2.45) is 5.73 Å². The van der Waals surface area contributed by atoms with E-state index < -0.39 is 11.8 Å². The second kappa shape index (κ2) is 2.87. The van der Waals surface area contributed by atoms with Gasteiger partial charge in [0.15, 0.2) is 0 Å². The Kier molecular flexibility index (Phi) is 1.91. The van der Waals surface area contributed by atoms with Crippen LogP contribution in [0, 0.1) is 0 Å². The second-order valence-electron chi connectivity index (χ2n) is 1.90. The molecule has 1 aromatic rings. The van der Waals surface area contributed by atoms with Crippen molar-refractivity contribution in [1.82, 2.24) is 4.98 Å². The third kappa shape index (κ3) is 1.82. The van der Waals surface area contributed by atoms with Gasteiger partial charge in [-0.2, -0.15) is 0 Å². The Morgan fingerprint density at radius 1 is 1.55 bits per heavy atom. The molecule has 0 atom stereocenters. The Balaban J connectivity index is 2.57. The number of primary amides is 1. The fourth-order valence-electron chi connectivity index (χ4n) is 0.592. The van der Waals surface area contributed by atoms with Gasteiger partial charge in [0.25, 0.3) is 0 Å². The van der Waals surface area contributed by atoms with Gasteiger partial charge in [-0.05, 0) is 12.1 Å². The Labute approximate surface area is 62.6 Å². The molecular formula is C6H7N3O2. The highest BCUT2D eigenvalue weighted by molar-refractivity contribution is 6.38. The average Bonchev–Trinajstić information content (AvgIpc) is 2.39. The van der Waals surface area contributed by atoms with Crippen LogP contribution in [0.1, 0.15) is 0 Å². The highest BCUT2D eigenvalue weighted by atomic mass is 16.2. The Morgan fingerprint density at radius 3 is 2.73 bits per heavy atom. The predicted octanol–water partition coefficient (Wildman–Crippen LogP) is -0.562. The van der Waals surface area contributed by atoms with Gasteiger partial charge in [0.1, 0.15) is 5.82 Å². The van der Waals surface area contributed by atoms with Gasteiger partial charge in [-0.15, -0.1) is 0 Å². The van der Waals surface area contributed by atoms with Gasteiger partial charge >= 0.3 is 11.8 Å². The molecular weight excluding hydrogens is 146 g/mol. The molecule has 11 heavy (non-hydrogen) atoms. The molecule has 0 bridgehead atoms. The average molecular weight is 153 g/mol. The van der Waals surface area contributed by atoms with Crippen molar-refractivity contribution >= 4 is 17.6 Å². The first kappa shape index (κ1) is 7.33. The minimum absolute atomic E-state index is 0.453. The molecule has 0 aliphatic rings. The van der Waals surface area contributed by atoms with E-state index in [4.69, 9.17) is 0 Å². The molecule has 0 radical (unpaired) electrons. The molecule has 5 heteroatoms. The number of aromatic amines is 1. The largest absolute Gasteiger partial charge is 0.361 e. The summed E-state index contributed by atoms with van der Waals surface area (Å²) in [7, 11) is 0. The lowest BCUT2D eigenvalue weighted by molar-refractivity contribution is -0.134. The number of hydrogen-bond acceptors (Lipinski definition) is 2. The van der Waals surface area contributed by atoms with E-state index in [1.807, 2.05) is 0 Å². The lowest BCUT2D eigenvalue weighted by Crippen LogP contribution is -2.29. The smallest absolute Gasteiger partial charge is 0.314 e. The van der Waals surface area contributed by atoms with Gasteiger partial charge in [-0.1, -0.05) is 0 Å². The second-order valence-corrected chi connectivity index (χ2v) is 1.90. The topological polar surface area (TPSA) is 88.0 Å². The maximum Gasteiger partial charge on any atom is 0.314 e. The molecule has 0 spiro atoms. The van der Waals surface area contributed by atoms with Crippen LogP contribution in [0.3, 0.4) is 0 Å². The first-order chi connectivity index (χ1) is 5.20. The third-order valence-corrected chi connectivity index (χ3v) is 1.07. The van der Waals surface area contributed by atoms with E-state index in [1.165, 1.54) is 0 Å². The number of nitrogens with two attached hydrogens (primary N) is 1. The summed E-state index contributed by atoms with van der Waals surface area (Å²) in [5.41, 5.74) is 4.69.